The molecule has 2 aromatic rings. The molecule has 5 heteroatoms. The summed E-state index contributed by atoms with van der Waals surface area (Å²) in [5.74, 6) is 0.366. The van der Waals surface area contributed by atoms with Crippen LogP contribution in [-0.2, 0) is 4.74 Å². The second-order valence-corrected chi connectivity index (χ2v) is 4.64. The number of rotatable bonds is 5. The van der Waals surface area contributed by atoms with Crippen molar-refractivity contribution in [3.8, 4) is 5.75 Å². The zero-order valence-corrected chi connectivity index (χ0v) is 12.8. The molecule has 0 saturated heterocycles. The van der Waals surface area contributed by atoms with Gasteiger partial charge in [-0.3, -0.25) is 4.98 Å². The molecule has 0 saturated carbocycles. The minimum Gasteiger partial charge on any atom is -0.497 e. The van der Waals surface area contributed by atoms with Crippen LogP contribution in [0.2, 0.25) is 0 Å². The highest BCUT2D eigenvalue weighted by atomic mass is 16.5. The number of esters is 1. The first-order chi connectivity index (χ1) is 10.1. The zero-order valence-electron chi connectivity index (χ0n) is 12.8. The first-order valence-electron chi connectivity index (χ1n) is 7.00. The average Bonchev–Trinajstić information content (AvgIpc) is 2.48. The van der Waals surface area contributed by atoms with Crippen molar-refractivity contribution in [2.24, 2.45) is 0 Å². The van der Waals surface area contributed by atoms with E-state index in [-0.39, 0.29) is 5.97 Å². The third-order valence-corrected chi connectivity index (χ3v) is 3.22. The molecule has 112 valence electrons. The monoisotopic (exact) mass is 288 g/mol. The van der Waals surface area contributed by atoms with Gasteiger partial charge < -0.3 is 14.8 Å². The van der Waals surface area contributed by atoms with Gasteiger partial charge in [0.05, 0.1) is 24.9 Å². The van der Waals surface area contributed by atoms with Gasteiger partial charge in [-0.2, -0.15) is 0 Å². The van der Waals surface area contributed by atoms with E-state index in [1.165, 1.54) is 0 Å². The Bertz CT molecular complexity index is 668. The minimum absolute atomic E-state index is 0.333. The van der Waals surface area contributed by atoms with E-state index < -0.39 is 0 Å². The molecule has 5 nitrogen and oxygen atoms in total. The van der Waals surface area contributed by atoms with Crippen LogP contribution in [0.25, 0.3) is 10.9 Å². The van der Waals surface area contributed by atoms with E-state index in [0.717, 1.165) is 27.9 Å². The number of ether oxygens (including phenoxy) is 2. The number of carbonyl (C=O) groups is 1. The predicted molar refractivity (Wildman–Crippen MR) is 83.2 cm³/mol. The lowest BCUT2D eigenvalue weighted by Crippen LogP contribution is -2.11. The van der Waals surface area contributed by atoms with Crippen LogP contribution >= 0.6 is 0 Å². The van der Waals surface area contributed by atoms with E-state index in [0.29, 0.717) is 18.7 Å². The Morgan fingerprint density at radius 1 is 1.33 bits per heavy atom. The Morgan fingerprint density at radius 3 is 2.71 bits per heavy atom. The number of nitrogens with zero attached hydrogens (tertiary/aromatic N) is 1. The Morgan fingerprint density at radius 2 is 2.10 bits per heavy atom. The molecule has 0 aliphatic carbocycles. The third kappa shape index (κ3) is 2.91. The average molecular weight is 288 g/mol. The highest BCUT2D eigenvalue weighted by Gasteiger charge is 2.17. The van der Waals surface area contributed by atoms with Crippen LogP contribution in [0.5, 0.6) is 5.75 Å². The number of benzene rings is 1. The SMILES string of the molecule is CCNc1c(C(=O)OCC)cnc2c(C)cc(OC)cc12. The van der Waals surface area contributed by atoms with Gasteiger partial charge in [-0.1, -0.05) is 0 Å². The van der Waals surface area contributed by atoms with Gasteiger partial charge in [0.1, 0.15) is 11.3 Å². The summed E-state index contributed by atoms with van der Waals surface area (Å²) >= 11 is 0. The van der Waals surface area contributed by atoms with Gasteiger partial charge in [-0.05, 0) is 38.5 Å². The molecule has 0 aliphatic rings. The van der Waals surface area contributed by atoms with Crippen molar-refractivity contribution in [1.82, 2.24) is 4.98 Å². The largest absolute Gasteiger partial charge is 0.497 e. The Hall–Kier alpha value is -2.30. The molecule has 0 bridgehead atoms. The fourth-order valence-electron chi connectivity index (χ4n) is 2.30. The highest BCUT2D eigenvalue weighted by molar-refractivity contribution is 6.05. The lowest BCUT2D eigenvalue weighted by Gasteiger charge is -2.14. The van der Waals surface area contributed by atoms with E-state index >= 15 is 0 Å². The summed E-state index contributed by atoms with van der Waals surface area (Å²) in [5, 5.41) is 4.10. The van der Waals surface area contributed by atoms with Gasteiger partial charge >= 0.3 is 5.97 Å². The molecule has 0 spiro atoms. The fourth-order valence-corrected chi connectivity index (χ4v) is 2.30. The number of pyridine rings is 1. The maximum Gasteiger partial charge on any atom is 0.341 e. The van der Waals surface area contributed by atoms with Crippen molar-refractivity contribution < 1.29 is 14.3 Å². The lowest BCUT2D eigenvalue weighted by atomic mass is 10.1. The number of hydrogen-bond acceptors (Lipinski definition) is 5. The van der Waals surface area contributed by atoms with Gasteiger partial charge in [-0.25, -0.2) is 4.79 Å². The van der Waals surface area contributed by atoms with Crippen LogP contribution in [0.3, 0.4) is 0 Å². The third-order valence-electron chi connectivity index (χ3n) is 3.22. The smallest absolute Gasteiger partial charge is 0.341 e. The van der Waals surface area contributed by atoms with Crippen LogP contribution in [0.1, 0.15) is 29.8 Å². The quantitative estimate of drug-likeness (QED) is 0.856. The van der Waals surface area contributed by atoms with Crippen LogP contribution in [-0.4, -0.2) is 31.2 Å². The van der Waals surface area contributed by atoms with Crippen molar-refractivity contribution in [1.29, 1.82) is 0 Å². The second-order valence-electron chi connectivity index (χ2n) is 4.64. The number of aryl methyl sites for hydroxylation is 1. The van der Waals surface area contributed by atoms with Gasteiger partial charge in [0, 0.05) is 18.1 Å². The summed E-state index contributed by atoms with van der Waals surface area (Å²) in [6.07, 6.45) is 1.57. The number of fused-ring (bicyclic) bond motifs is 1. The zero-order chi connectivity index (χ0) is 15.4. The van der Waals surface area contributed by atoms with Crippen LogP contribution in [0.4, 0.5) is 5.69 Å². The number of hydrogen-bond donors (Lipinski definition) is 1. The lowest BCUT2D eigenvalue weighted by molar-refractivity contribution is 0.0527. The molecule has 0 unspecified atom stereocenters. The molecule has 1 aromatic carbocycles. The summed E-state index contributed by atoms with van der Waals surface area (Å²) in [4.78, 5) is 16.5. The Labute approximate surface area is 124 Å². The molecule has 0 fully saturated rings. The molecule has 0 aliphatic heterocycles. The maximum atomic E-state index is 12.1. The normalized spacial score (nSPS) is 10.5. The summed E-state index contributed by atoms with van der Waals surface area (Å²) < 4.78 is 10.4. The summed E-state index contributed by atoms with van der Waals surface area (Å²) in [7, 11) is 1.62. The molecular weight excluding hydrogens is 268 g/mol. The molecule has 1 aromatic heterocycles. The maximum absolute atomic E-state index is 12.1. The molecule has 0 radical (unpaired) electrons. The molecule has 1 N–H and O–H groups in total. The number of aromatic nitrogens is 1. The molecule has 0 atom stereocenters. The minimum atomic E-state index is -0.372. The highest BCUT2D eigenvalue weighted by Crippen LogP contribution is 2.32. The molecule has 2 rings (SSSR count). The standard InChI is InChI=1S/C16H20N2O3/c1-5-17-15-12-8-11(20-4)7-10(3)14(12)18-9-13(15)16(19)21-6-2/h7-9H,5-6H2,1-4H3,(H,17,18). The number of nitrogens with one attached hydrogen (secondary N) is 1. The van der Waals surface area contributed by atoms with Gasteiger partial charge in [0.25, 0.3) is 0 Å². The van der Waals surface area contributed by atoms with Gasteiger partial charge in [0.15, 0.2) is 0 Å². The molecular formula is C16H20N2O3. The van der Waals surface area contributed by atoms with Gasteiger partial charge in [-0.15, -0.1) is 0 Å². The molecule has 21 heavy (non-hydrogen) atoms. The van der Waals surface area contributed by atoms with Crippen molar-refractivity contribution >= 4 is 22.6 Å². The van der Waals surface area contributed by atoms with Crippen LogP contribution in [0, 0.1) is 6.92 Å². The van der Waals surface area contributed by atoms with Crippen LogP contribution < -0.4 is 10.1 Å². The van der Waals surface area contributed by atoms with Gasteiger partial charge in [0.2, 0.25) is 0 Å². The van der Waals surface area contributed by atoms with Crippen molar-refractivity contribution in [3.63, 3.8) is 0 Å². The fraction of sp³-hybridized carbons (Fsp3) is 0.375. The van der Waals surface area contributed by atoms with Crippen molar-refractivity contribution in [2.75, 3.05) is 25.6 Å². The van der Waals surface area contributed by atoms with E-state index in [1.54, 1.807) is 20.2 Å². The topological polar surface area (TPSA) is 60.5 Å². The molecule has 1 heterocycles. The summed E-state index contributed by atoms with van der Waals surface area (Å²) in [5.41, 5.74) is 3.03. The van der Waals surface area contributed by atoms with Crippen LogP contribution in [0.15, 0.2) is 18.3 Å². The predicted octanol–water partition coefficient (Wildman–Crippen LogP) is 3.16. The van der Waals surface area contributed by atoms with E-state index in [9.17, 15) is 4.79 Å². The first-order valence-corrected chi connectivity index (χ1v) is 7.00. The summed E-state index contributed by atoms with van der Waals surface area (Å²) in [6.45, 7) is 6.76. The number of anilines is 1. The Balaban J connectivity index is 2.71. The Kier molecular flexibility index (Phi) is 4.62. The first kappa shape index (κ1) is 15.1. The number of methoxy groups -OCH3 is 1. The number of carbonyl (C=O) groups excluding carboxylic acids is 1. The second kappa shape index (κ2) is 6.43. The van der Waals surface area contributed by atoms with Crippen molar-refractivity contribution in [2.45, 2.75) is 20.8 Å². The van der Waals surface area contributed by atoms with Crippen molar-refractivity contribution in [3.05, 3.63) is 29.5 Å². The van der Waals surface area contributed by atoms with E-state index in [4.69, 9.17) is 9.47 Å². The molecule has 0 amide bonds. The van der Waals surface area contributed by atoms with E-state index in [2.05, 4.69) is 10.3 Å². The van der Waals surface area contributed by atoms with E-state index in [1.807, 2.05) is 26.0 Å². The summed E-state index contributed by atoms with van der Waals surface area (Å²) in [6, 6.07) is 3.81.